The molecule has 0 amide bonds. The highest BCUT2D eigenvalue weighted by Crippen LogP contribution is 2.38. The average molecular weight is 428 g/mol. The minimum Gasteiger partial charge on any atom is -0.454 e. The molecule has 0 aliphatic carbocycles. The van der Waals surface area contributed by atoms with E-state index < -0.39 is 6.43 Å². The van der Waals surface area contributed by atoms with Gasteiger partial charge in [0.1, 0.15) is 0 Å². The van der Waals surface area contributed by atoms with Gasteiger partial charge in [-0.2, -0.15) is 5.10 Å². The molecular formula is C22H16ClF2N3O2. The quantitative estimate of drug-likeness (QED) is 0.414. The van der Waals surface area contributed by atoms with Crippen molar-refractivity contribution in [3.05, 3.63) is 70.4 Å². The molecule has 1 aliphatic heterocycles. The molecule has 4 aromatic rings. The Morgan fingerprint density at radius 3 is 2.70 bits per heavy atom. The molecule has 3 heterocycles. The van der Waals surface area contributed by atoms with Crippen molar-refractivity contribution in [3.8, 4) is 22.8 Å². The van der Waals surface area contributed by atoms with Crippen molar-refractivity contribution in [3.63, 3.8) is 0 Å². The molecule has 2 aromatic heterocycles. The van der Waals surface area contributed by atoms with Crippen molar-refractivity contribution in [1.29, 1.82) is 0 Å². The molecule has 5 rings (SSSR count). The number of nitrogens with zero attached hydrogens (tertiary/aromatic N) is 3. The Balaban J connectivity index is 1.69. The molecule has 30 heavy (non-hydrogen) atoms. The van der Waals surface area contributed by atoms with E-state index >= 15 is 0 Å². The first-order chi connectivity index (χ1) is 14.5. The fourth-order valence-electron chi connectivity index (χ4n) is 3.66. The Morgan fingerprint density at radius 1 is 1.10 bits per heavy atom. The first kappa shape index (κ1) is 18.8. The van der Waals surface area contributed by atoms with Gasteiger partial charge in [0.25, 0.3) is 6.43 Å². The lowest BCUT2D eigenvalue weighted by molar-refractivity contribution is 0.153. The summed E-state index contributed by atoms with van der Waals surface area (Å²) >= 11 is 6.29. The van der Waals surface area contributed by atoms with Crippen molar-refractivity contribution in [2.24, 2.45) is 0 Å². The third-order valence-electron chi connectivity index (χ3n) is 5.09. The summed E-state index contributed by atoms with van der Waals surface area (Å²) in [6.07, 6.45) is -2.67. The number of fused-ring (bicyclic) bond motifs is 2. The zero-order valence-electron chi connectivity index (χ0n) is 15.9. The zero-order valence-corrected chi connectivity index (χ0v) is 16.7. The van der Waals surface area contributed by atoms with Crippen LogP contribution >= 0.6 is 11.6 Å². The molecule has 0 atom stereocenters. The number of alkyl halides is 2. The van der Waals surface area contributed by atoms with Gasteiger partial charge in [0, 0.05) is 16.1 Å². The van der Waals surface area contributed by atoms with Crippen molar-refractivity contribution in [2.45, 2.75) is 19.9 Å². The van der Waals surface area contributed by atoms with Crippen molar-refractivity contribution in [2.75, 3.05) is 6.79 Å². The molecule has 0 bridgehead atoms. The highest BCUT2D eigenvalue weighted by molar-refractivity contribution is 6.31. The maximum Gasteiger partial charge on any atom is 0.264 e. The molecule has 5 nitrogen and oxygen atoms in total. The summed E-state index contributed by atoms with van der Waals surface area (Å²) in [7, 11) is 0. The van der Waals surface area contributed by atoms with E-state index in [-0.39, 0.29) is 12.4 Å². The summed E-state index contributed by atoms with van der Waals surface area (Å²) in [5, 5.41) is 5.43. The smallest absolute Gasteiger partial charge is 0.264 e. The van der Waals surface area contributed by atoms with Gasteiger partial charge in [-0.3, -0.25) is 0 Å². The Labute approximate surface area is 175 Å². The number of halogens is 3. The fraction of sp³-hybridized carbons (Fsp3) is 0.182. The van der Waals surface area contributed by atoms with Crippen LogP contribution < -0.4 is 9.47 Å². The molecule has 0 radical (unpaired) electrons. The van der Waals surface area contributed by atoms with Crippen LogP contribution in [0.3, 0.4) is 0 Å². The highest BCUT2D eigenvalue weighted by atomic mass is 35.5. The molecule has 1 aliphatic rings. The largest absolute Gasteiger partial charge is 0.454 e. The summed E-state index contributed by atoms with van der Waals surface area (Å²) < 4.78 is 40.3. The SMILES string of the molecule is Cc1nn(Cc2ccccc2Cl)c2nc(-c3ccc4c(c3)OCO4)cc(C(F)F)c12. The van der Waals surface area contributed by atoms with Gasteiger partial charge >= 0.3 is 0 Å². The summed E-state index contributed by atoms with van der Waals surface area (Å²) in [5.41, 5.74) is 2.69. The first-order valence-electron chi connectivity index (χ1n) is 9.31. The molecule has 0 N–H and O–H groups in total. The van der Waals surface area contributed by atoms with E-state index in [2.05, 4.69) is 10.1 Å². The maximum absolute atomic E-state index is 14.0. The van der Waals surface area contributed by atoms with E-state index in [0.717, 1.165) is 5.56 Å². The highest BCUT2D eigenvalue weighted by Gasteiger charge is 2.22. The first-order valence-corrected chi connectivity index (χ1v) is 9.68. The predicted octanol–water partition coefficient (Wildman–Crippen LogP) is 5.77. The van der Waals surface area contributed by atoms with E-state index in [4.69, 9.17) is 21.1 Å². The van der Waals surface area contributed by atoms with Crippen LogP contribution in [0.1, 0.15) is 23.2 Å². The molecule has 152 valence electrons. The Bertz CT molecular complexity index is 1270. The number of aryl methyl sites for hydroxylation is 1. The molecule has 0 fully saturated rings. The standard InChI is InChI=1S/C22H16ClF2N3O2/c1-12-20-15(21(24)25)9-17(13-6-7-18-19(8-13)30-11-29-18)26-22(20)28(27-12)10-14-4-2-3-5-16(14)23/h2-9,21H,10-11H2,1H3. The number of hydrogen-bond donors (Lipinski definition) is 0. The lowest BCUT2D eigenvalue weighted by atomic mass is 10.1. The minimum atomic E-state index is -2.67. The van der Waals surface area contributed by atoms with Crippen LogP contribution in [0.2, 0.25) is 5.02 Å². The molecule has 0 saturated carbocycles. The Morgan fingerprint density at radius 2 is 1.90 bits per heavy atom. The number of pyridine rings is 1. The molecule has 0 spiro atoms. The number of benzene rings is 2. The van der Waals surface area contributed by atoms with Crippen LogP contribution in [-0.2, 0) is 6.54 Å². The van der Waals surface area contributed by atoms with E-state index in [1.807, 2.05) is 18.2 Å². The van der Waals surface area contributed by atoms with Gasteiger partial charge in [0.05, 0.1) is 23.3 Å². The second-order valence-corrected chi connectivity index (χ2v) is 7.41. The van der Waals surface area contributed by atoms with E-state index in [1.165, 1.54) is 6.07 Å². The molecule has 8 heteroatoms. The van der Waals surface area contributed by atoms with Gasteiger partial charge < -0.3 is 9.47 Å². The van der Waals surface area contributed by atoms with E-state index in [1.54, 1.807) is 35.9 Å². The lowest BCUT2D eigenvalue weighted by Gasteiger charge is -2.10. The number of aromatic nitrogens is 3. The zero-order chi connectivity index (χ0) is 20.8. The topological polar surface area (TPSA) is 49.2 Å². The average Bonchev–Trinajstić information content (AvgIpc) is 3.33. The van der Waals surface area contributed by atoms with Gasteiger partial charge in [-0.25, -0.2) is 18.4 Å². The molecular weight excluding hydrogens is 412 g/mol. The molecule has 2 aromatic carbocycles. The lowest BCUT2D eigenvalue weighted by Crippen LogP contribution is -2.04. The second kappa shape index (κ2) is 7.25. The van der Waals surface area contributed by atoms with Crippen LogP contribution in [-0.4, -0.2) is 21.6 Å². The monoisotopic (exact) mass is 427 g/mol. The number of rotatable bonds is 4. The van der Waals surface area contributed by atoms with Gasteiger partial charge in [-0.15, -0.1) is 0 Å². The van der Waals surface area contributed by atoms with Gasteiger partial charge in [0.15, 0.2) is 17.1 Å². The summed E-state index contributed by atoms with van der Waals surface area (Å²) in [4.78, 5) is 4.69. The van der Waals surface area contributed by atoms with Crippen LogP contribution in [0.25, 0.3) is 22.3 Å². The van der Waals surface area contributed by atoms with E-state index in [0.29, 0.717) is 51.1 Å². The molecule has 0 unspecified atom stereocenters. The number of hydrogen-bond acceptors (Lipinski definition) is 4. The van der Waals surface area contributed by atoms with Crippen molar-refractivity contribution < 1.29 is 18.3 Å². The van der Waals surface area contributed by atoms with Crippen LogP contribution in [0.5, 0.6) is 11.5 Å². The molecule has 0 saturated heterocycles. The Hall–Kier alpha value is -3.19. The van der Waals surface area contributed by atoms with Crippen molar-refractivity contribution >= 4 is 22.6 Å². The second-order valence-electron chi connectivity index (χ2n) is 7.00. The Kier molecular flexibility index (Phi) is 4.55. The van der Waals surface area contributed by atoms with Crippen LogP contribution in [0, 0.1) is 6.92 Å². The van der Waals surface area contributed by atoms with Gasteiger partial charge in [0.2, 0.25) is 6.79 Å². The summed E-state index contributed by atoms with van der Waals surface area (Å²) in [6, 6.07) is 14.0. The predicted molar refractivity (Wildman–Crippen MR) is 109 cm³/mol. The summed E-state index contributed by atoms with van der Waals surface area (Å²) in [5.74, 6) is 1.18. The normalized spacial score (nSPS) is 12.8. The van der Waals surface area contributed by atoms with E-state index in [9.17, 15) is 8.78 Å². The van der Waals surface area contributed by atoms with Gasteiger partial charge in [-0.1, -0.05) is 29.8 Å². The maximum atomic E-state index is 14.0. The third-order valence-corrected chi connectivity index (χ3v) is 5.46. The third kappa shape index (κ3) is 3.15. The van der Waals surface area contributed by atoms with Crippen LogP contribution in [0.15, 0.2) is 48.5 Å². The fourth-order valence-corrected chi connectivity index (χ4v) is 3.86. The van der Waals surface area contributed by atoms with Crippen molar-refractivity contribution in [1.82, 2.24) is 14.8 Å². The summed E-state index contributed by atoms with van der Waals surface area (Å²) in [6.45, 7) is 2.17. The van der Waals surface area contributed by atoms with Gasteiger partial charge in [-0.05, 0) is 42.8 Å². The number of ether oxygens (including phenoxy) is 2. The minimum absolute atomic E-state index is 0.101. The van der Waals surface area contributed by atoms with Crippen LogP contribution in [0.4, 0.5) is 8.78 Å².